The highest BCUT2D eigenvalue weighted by Crippen LogP contribution is 2.38. The van der Waals surface area contributed by atoms with Crippen LogP contribution in [0, 0.1) is 6.92 Å². The van der Waals surface area contributed by atoms with E-state index in [9.17, 15) is 9.59 Å². The normalized spacial score (nSPS) is 16.4. The summed E-state index contributed by atoms with van der Waals surface area (Å²) in [7, 11) is 3.24. The molecule has 1 fully saturated rings. The Kier molecular flexibility index (Phi) is 7.05. The molecule has 2 amide bonds. The highest BCUT2D eigenvalue weighted by molar-refractivity contribution is 7.09. The highest BCUT2D eigenvalue weighted by atomic mass is 32.1. The van der Waals surface area contributed by atoms with E-state index in [0.29, 0.717) is 0 Å². The van der Waals surface area contributed by atoms with Crippen LogP contribution < -0.4 is 20.3 Å². The Morgan fingerprint density at radius 2 is 2.03 bits per heavy atom. The maximum absolute atomic E-state index is 12.4. The van der Waals surface area contributed by atoms with Crippen LogP contribution in [0.5, 0.6) is 11.5 Å². The number of carbonyl (C=O) groups excluding carboxylic acids is 2. The van der Waals surface area contributed by atoms with Gasteiger partial charge in [-0.05, 0) is 32.4 Å². The second kappa shape index (κ2) is 9.71. The van der Waals surface area contributed by atoms with Crippen LogP contribution in [0.25, 0.3) is 0 Å². The molecule has 9 heteroatoms. The Morgan fingerprint density at radius 3 is 2.72 bits per heavy atom. The van der Waals surface area contributed by atoms with Gasteiger partial charge in [-0.3, -0.25) is 25.3 Å². The molecule has 0 spiro atoms. The SMILES string of the molecule is COc1ccc([C@@H]2CCCN2CC(=O)NNC(=O)Cc2nc(C)cs2)c(OC)c1. The molecule has 3 rings (SSSR count). The van der Waals surface area contributed by atoms with Crippen LogP contribution in [0.3, 0.4) is 0 Å². The van der Waals surface area contributed by atoms with Crippen molar-refractivity contribution in [1.82, 2.24) is 20.7 Å². The summed E-state index contributed by atoms with van der Waals surface area (Å²) in [6, 6.07) is 5.81. The van der Waals surface area contributed by atoms with Crippen LogP contribution in [0.2, 0.25) is 0 Å². The molecule has 8 nitrogen and oxygen atoms in total. The number of benzene rings is 1. The van der Waals surface area contributed by atoms with E-state index in [-0.39, 0.29) is 30.8 Å². The van der Waals surface area contributed by atoms with Gasteiger partial charge in [0.2, 0.25) is 5.91 Å². The van der Waals surface area contributed by atoms with Crippen LogP contribution in [-0.2, 0) is 16.0 Å². The van der Waals surface area contributed by atoms with Crippen molar-refractivity contribution in [3.63, 3.8) is 0 Å². The predicted molar refractivity (Wildman–Crippen MR) is 110 cm³/mol. The first-order chi connectivity index (χ1) is 14.0. The second-order valence-corrected chi connectivity index (χ2v) is 7.83. The van der Waals surface area contributed by atoms with Gasteiger partial charge in [0, 0.05) is 28.7 Å². The number of thiazole rings is 1. The van der Waals surface area contributed by atoms with Crippen molar-refractivity contribution in [3.05, 3.63) is 39.8 Å². The minimum absolute atomic E-state index is 0.0793. The number of hydrogen-bond donors (Lipinski definition) is 2. The predicted octanol–water partition coefficient (Wildman–Crippen LogP) is 2.00. The average molecular weight is 419 g/mol. The first-order valence-electron chi connectivity index (χ1n) is 9.44. The summed E-state index contributed by atoms with van der Waals surface area (Å²) in [5, 5.41) is 2.61. The van der Waals surface area contributed by atoms with E-state index in [1.165, 1.54) is 11.3 Å². The van der Waals surface area contributed by atoms with Crippen molar-refractivity contribution in [2.45, 2.75) is 32.2 Å². The molecule has 1 aliphatic heterocycles. The van der Waals surface area contributed by atoms with Gasteiger partial charge in [0.05, 0.1) is 27.2 Å². The number of carbonyl (C=O) groups is 2. The lowest BCUT2D eigenvalue weighted by Gasteiger charge is -2.25. The number of rotatable bonds is 7. The Balaban J connectivity index is 1.55. The molecule has 2 aromatic rings. The van der Waals surface area contributed by atoms with Crippen LogP contribution in [0.15, 0.2) is 23.6 Å². The summed E-state index contributed by atoms with van der Waals surface area (Å²) in [6.45, 7) is 2.88. The quantitative estimate of drug-likeness (QED) is 0.668. The molecule has 29 heavy (non-hydrogen) atoms. The third-order valence-corrected chi connectivity index (χ3v) is 5.80. The van der Waals surface area contributed by atoms with E-state index >= 15 is 0 Å². The number of hydrogen-bond acceptors (Lipinski definition) is 7. The summed E-state index contributed by atoms with van der Waals surface area (Å²) < 4.78 is 10.8. The van der Waals surface area contributed by atoms with Gasteiger partial charge in [0.15, 0.2) is 0 Å². The fourth-order valence-electron chi connectivity index (χ4n) is 3.49. The number of nitrogens with zero attached hydrogens (tertiary/aromatic N) is 2. The maximum atomic E-state index is 12.4. The molecule has 1 aromatic carbocycles. The molecule has 0 aliphatic carbocycles. The van der Waals surface area contributed by atoms with Crippen molar-refractivity contribution in [2.24, 2.45) is 0 Å². The van der Waals surface area contributed by atoms with Crippen LogP contribution >= 0.6 is 11.3 Å². The summed E-state index contributed by atoms with van der Waals surface area (Å²) >= 11 is 1.43. The molecular formula is C20H26N4O4S. The van der Waals surface area contributed by atoms with Gasteiger partial charge in [0.25, 0.3) is 5.91 Å². The van der Waals surface area contributed by atoms with E-state index in [0.717, 1.165) is 47.2 Å². The average Bonchev–Trinajstić information content (AvgIpc) is 3.34. The van der Waals surface area contributed by atoms with Gasteiger partial charge in [-0.2, -0.15) is 0 Å². The fraction of sp³-hybridized carbons (Fsp3) is 0.450. The Hall–Kier alpha value is -2.65. The van der Waals surface area contributed by atoms with Gasteiger partial charge in [0.1, 0.15) is 16.5 Å². The number of aryl methyl sites for hydroxylation is 1. The van der Waals surface area contributed by atoms with Gasteiger partial charge in [-0.15, -0.1) is 11.3 Å². The third kappa shape index (κ3) is 5.45. The van der Waals surface area contributed by atoms with Crippen molar-refractivity contribution in [3.8, 4) is 11.5 Å². The molecule has 1 aliphatic rings. The molecule has 156 valence electrons. The van der Waals surface area contributed by atoms with Gasteiger partial charge in [-0.25, -0.2) is 4.98 Å². The topological polar surface area (TPSA) is 92.8 Å². The highest BCUT2D eigenvalue weighted by Gasteiger charge is 2.30. The molecule has 1 atom stereocenters. The first-order valence-corrected chi connectivity index (χ1v) is 10.3. The molecular weight excluding hydrogens is 392 g/mol. The molecule has 1 aromatic heterocycles. The number of hydrazine groups is 1. The molecule has 2 heterocycles. The Bertz CT molecular complexity index is 870. The summed E-state index contributed by atoms with van der Waals surface area (Å²) in [5.74, 6) is 0.926. The maximum Gasteiger partial charge on any atom is 0.252 e. The van der Waals surface area contributed by atoms with E-state index in [1.54, 1.807) is 14.2 Å². The zero-order chi connectivity index (χ0) is 20.8. The molecule has 0 unspecified atom stereocenters. The second-order valence-electron chi connectivity index (χ2n) is 6.89. The Labute approximate surface area is 174 Å². The first kappa shape index (κ1) is 21.1. The summed E-state index contributed by atoms with van der Waals surface area (Å²) in [6.07, 6.45) is 2.07. The fourth-order valence-corrected chi connectivity index (χ4v) is 4.26. The number of likely N-dealkylation sites (tertiary alicyclic amines) is 1. The number of ether oxygens (including phenoxy) is 2. The zero-order valence-electron chi connectivity index (χ0n) is 16.9. The van der Waals surface area contributed by atoms with E-state index in [2.05, 4.69) is 20.7 Å². The van der Waals surface area contributed by atoms with Crippen LogP contribution in [0.4, 0.5) is 0 Å². The zero-order valence-corrected chi connectivity index (χ0v) is 17.7. The van der Waals surface area contributed by atoms with Crippen molar-refractivity contribution in [1.29, 1.82) is 0 Å². The van der Waals surface area contributed by atoms with E-state index in [4.69, 9.17) is 9.47 Å². The monoisotopic (exact) mass is 418 g/mol. The number of nitrogens with one attached hydrogen (secondary N) is 2. The lowest BCUT2D eigenvalue weighted by molar-refractivity contribution is -0.129. The smallest absolute Gasteiger partial charge is 0.252 e. The molecule has 0 saturated carbocycles. The number of aromatic nitrogens is 1. The van der Waals surface area contributed by atoms with Crippen LogP contribution in [0.1, 0.15) is 35.1 Å². The van der Waals surface area contributed by atoms with Gasteiger partial charge >= 0.3 is 0 Å². The standard InChI is InChI=1S/C20H26N4O4S/c1-13-12-29-20(21-13)10-18(25)22-23-19(26)11-24-8-4-5-16(24)15-7-6-14(27-2)9-17(15)28-3/h6-7,9,12,16H,4-5,8,10-11H2,1-3H3,(H,22,25)(H,23,26)/t16-/m0/s1. The minimum atomic E-state index is -0.289. The Morgan fingerprint density at radius 1 is 1.24 bits per heavy atom. The molecule has 0 radical (unpaired) electrons. The minimum Gasteiger partial charge on any atom is -0.497 e. The van der Waals surface area contributed by atoms with E-state index in [1.807, 2.05) is 30.5 Å². The molecule has 2 N–H and O–H groups in total. The number of amides is 2. The van der Waals surface area contributed by atoms with Crippen molar-refractivity contribution >= 4 is 23.2 Å². The molecule has 0 bridgehead atoms. The van der Waals surface area contributed by atoms with Gasteiger partial charge in [-0.1, -0.05) is 6.07 Å². The summed E-state index contributed by atoms with van der Waals surface area (Å²) in [5.41, 5.74) is 6.88. The summed E-state index contributed by atoms with van der Waals surface area (Å²) in [4.78, 5) is 30.7. The third-order valence-electron chi connectivity index (χ3n) is 4.83. The van der Waals surface area contributed by atoms with Crippen LogP contribution in [-0.4, -0.2) is 49.0 Å². The lowest BCUT2D eigenvalue weighted by Crippen LogP contribution is -2.46. The largest absolute Gasteiger partial charge is 0.497 e. The van der Waals surface area contributed by atoms with Gasteiger partial charge < -0.3 is 9.47 Å². The van der Waals surface area contributed by atoms with E-state index < -0.39 is 0 Å². The number of methoxy groups -OCH3 is 2. The van der Waals surface area contributed by atoms with Crippen molar-refractivity contribution < 1.29 is 19.1 Å². The van der Waals surface area contributed by atoms with Crippen molar-refractivity contribution in [2.75, 3.05) is 27.3 Å². The lowest BCUT2D eigenvalue weighted by atomic mass is 10.0. The molecule has 1 saturated heterocycles.